The molecule has 11 heteroatoms. The van der Waals surface area contributed by atoms with Crippen molar-refractivity contribution in [3.05, 3.63) is 58.7 Å². The molecule has 276 valence electrons. The Morgan fingerprint density at radius 3 is 2.12 bits per heavy atom. The molecule has 0 aliphatic carbocycles. The fourth-order valence-corrected chi connectivity index (χ4v) is 6.70. The smallest absolute Gasteiger partial charge is 0.290 e. The second-order valence-electron chi connectivity index (χ2n) is 13.1. The third-order valence-corrected chi connectivity index (χ3v) is 9.80. The number of aryl methyl sites for hydroxylation is 1. The van der Waals surface area contributed by atoms with Gasteiger partial charge in [0.2, 0.25) is 0 Å². The maximum atomic E-state index is 12.8. The van der Waals surface area contributed by atoms with Gasteiger partial charge in [-0.15, -0.1) is 0 Å². The number of carbonyl (C=O) groups excluding carboxylic acids is 1. The molecule has 2 aromatic carbocycles. The zero-order valence-electron chi connectivity index (χ0n) is 30.8. The van der Waals surface area contributed by atoms with Crippen LogP contribution in [0.25, 0.3) is 0 Å². The minimum atomic E-state index is -1.13. The predicted octanol–water partition coefficient (Wildman–Crippen LogP) is 5.42. The number of hydrogen-bond donors (Lipinski definition) is 3. The molecule has 11 nitrogen and oxygen atoms in total. The van der Waals surface area contributed by atoms with Gasteiger partial charge in [0.05, 0.1) is 38.6 Å². The van der Waals surface area contributed by atoms with E-state index in [0.29, 0.717) is 32.1 Å². The molecule has 1 aliphatic rings. The molecule has 0 spiro atoms. The summed E-state index contributed by atoms with van der Waals surface area (Å²) in [5, 5.41) is 20.3. The molecule has 2 unspecified atom stereocenters. The molecule has 49 heavy (non-hydrogen) atoms. The first-order valence-electron chi connectivity index (χ1n) is 17.0. The highest BCUT2D eigenvalue weighted by Crippen LogP contribution is 2.42. The van der Waals surface area contributed by atoms with Crippen molar-refractivity contribution >= 4 is 12.4 Å². The summed E-state index contributed by atoms with van der Waals surface area (Å²) in [7, 11) is 8.44. The average molecular weight is 690 g/mol. The topological polar surface area (TPSA) is 142 Å². The molecule has 1 amide bonds. The van der Waals surface area contributed by atoms with Crippen LogP contribution >= 0.6 is 0 Å². The number of carboxylic acid groups (broad SMARTS) is 1. The Balaban J connectivity index is 0.00000267. The minimum absolute atomic E-state index is 0.00802. The van der Waals surface area contributed by atoms with E-state index in [2.05, 4.69) is 33.0 Å². The van der Waals surface area contributed by atoms with Gasteiger partial charge in [0.1, 0.15) is 23.8 Å². The van der Waals surface area contributed by atoms with E-state index in [9.17, 15) is 9.90 Å². The van der Waals surface area contributed by atoms with Gasteiger partial charge in [-0.2, -0.15) is 0 Å². The number of rotatable bonds is 18. The molecule has 1 fully saturated rings. The van der Waals surface area contributed by atoms with E-state index in [1.54, 1.807) is 35.5 Å². The summed E-state index contributed by atoms with van der Waals surface area (Å²) >= 11 is 0. The number of hydrogen-bond acceptors (Lipinski definition) is 9. The monoisotopic (exact) mass is 689 g/mol. The fraction of sp³-hybridized carbons (Fsp3) is 0.632. The second-order valence-corrected chi connectivity index (χ2v) is 13.1. The molecule has 0 bridgehead atoms. The Bertz CT molecular complexity index is 1240. The van der Waals surface area contributed by atoms with Crippen LogP contribution in [0, 0.1) is 19.3 Å². The maximum Gasteiger partial charge on any atom is 0.290 e. The molecule has 0 saturated carbocycles. The minimum Gasteiger partial charge on any atom is -0.496 e. The second kappa shape index (κ2) is 21.1. The van der Waals surface area contributed by atoms with Crippen molar-refractivity contribution in [2.24, 2.45) is 5.41 Å². The van der Waals surface area contributed by atoms with Crippen molar-refractivity contribution in [1.82, 2.24) is 5.32 Å². The van der Waals surface area contributed by atoms with E-state index in [1.807, 2.05) is 36.4 Å². The number of amides is 1. The van der Waals surface area contributed by atoms with Gasteiger partial charge >= 0.3 is 0 Å². The summed E-state index contributed by atoms with van der Waals surface area (Å²) in [6, 6.07) is 11.8. The zero-order valence-corrected chi connectivity index (χ0v) is 30.8. The van der Waals surface area contributed by atoms with Crippen LogP contribution in [0.5, 0.6) is 11.5 Å². The third-order valence-electron chi connectivity index (χ3n) is 9.80. The highest BCUT2D eigenvalue weighted by molar-refractivity contribution is 5.80. The predicted molar refractivity (Wildman–Crippen MR) is 188 cm³/mol. The van der Waals surface area contributed by atoms with E-state index in [-0.39, 0.29) is 36.3 Å². The Morgan fingerprint density at radius 1 is 0.980 bits per heavy atom. The lowest BCUT2D eigenvalue weighted by molar-refractivity contribution is -0.199. The Kier molecular flexibility index (Phi) is 18.1. The van der Waals surface area contributed by atoms with Crippen molar-refractivity contribution in [1.29, 1.82) is 0 Å². The van der Waals surface area contributed by atoms with Crippen molar-refractivity contribution < 1.29 is 48.2 Å². The van der Waals surface area contributed by atoms with Crippen molar-refractivity contribution in [2.45, 2.75) is 116 Å². The van der Waals surface area contributed by atoms with Crippen molar-refractivity contribution in [2.75, 3.05) is 35.5 Å². The number of carbonyl (C=O) groups is 2. The van der Waals surface area contributed by atoms with Gasteiger partial charge in [0, 0.05) is 52.1 Å². The molecule has 2 aromatic rings. The number of methoxy groups -OCH3 is 5. The molecular weight excluding hydrogens is 630 g/mol. The summed E-state index contributed by atoms with van der Waals surface area (Å²) in [6.45, 7) is 8.31. The summed E-state index contributed by atoms with van der Waals surface area (Å²) in [4.78, 5) is 21.2. The van der Waals surface area contributed by atoms with Gasteiger partial charge in [-0.3, -0.25) is 9.59 Å². The van der Waals surface area contributed by atoms with Gasteiger partial charge in [0.25, 0.3) is 12.4 Å². The van der Waals surface area contributed by atoms with Crippen LogP contribution in [0.4, 0.5) is 0 Å². The maximum absolute atomic E-state index is 12.8. The van der Waals surface area contributed by atoms with Crippen LogP contribution in [0.15, 0.2) is 36.4 Å². The van der Waals surface area contributed by atoms with Crippen LogP contribution in [-0.4, -0.2) is 94.9 Å². The molecule has 3 N–H and O–H groups in total. The summed E-state index contributed by atoms with van der Waals surface area (Å²) in [6.07, 6.45) is 3.31. The van der Waals surface area contributed by atoms with E-state index in [1.165, 1.54) is 5.56 Å². The van der Waals surface area contributed by atoms with Gasteiger partial charge in [-0.05, 0) is 68.2 Å². The standard InChI is InChI=1S/C37H57NO8.CH2O2/c1-24-29(25(2)32(43-7)23-31(24)42-6)17-13-16-27(41-5)20-34-37(3,4)33(44-8)21-28(46-34)22-35(45-9)38-36(40)30(39)19-18-26-14-11-10-12-15-26;2-1-3/h10-12,14-15,23,27-28,30,33-35,39H,13,16-22H2,1-9H3,(H,38,40);1H,(H,2,3)/t27-,28+,30+,33?,34?,35+;/m1./s1. The van der Waals surface area contributed by atoms with Gasteiger partial charge in [-0.1, -0.05) is 44.2 Å². The molecule has 0 radical (unpaired) electrons. The zero-order chi connectivity index (χ0) is 36.6. The molecular formula is C38H59NO10. The molecule has 1 heterocycles. The first-order valence-corrected chi connectivity index (χ1v) is 17.0. The van der Waals surface area contributed by atoms with Gasteiger partial charge in [0.15, 0.2) is 0 Å². The average Bonchev–Trinajstić information content (AvgIpc) is 3.09. The Labute approximate surface area is 292 Å². The van der Waals surface area contributed by atoms with Crippen molar-refractivity contribution in [3.8, 4) is 11.5 Å². The van der Waals surface area contributed by atoms with Crippen LogP contribution in [-0.2, 0) is 41.4 Å². The Hall–Kier alpha value is -3.22. The first kappa shape index (κ1) is 41.9. The Morgan fingerprint density at radius 2 is 1.59 bits per heavy atom. The van der Waals surface area contributed by atoms with Gasteiger partial charge < -0.3 is 44.0 Å². The number of nitrogens with one attached hydrogen (secondary N) is 1. The highest BCUT2D eigenvalue weighted by atomic mass is 16.5. The molecule has 6 atom stereocenters. The van der Waals surface area contributed by atoms with E-state index in [0.717, 1.165) is 47.5 Å². The SMILES string of the molecule is COc1cc(OC)c(C)c(CCC[C@H](CC2O[C@H](C[C@@H](NC(=O)[C@@H](O)CCc3ccccc3)OC)CC(OC)C2(C)C)OC)c1C.O=CO. The molecule has 0 aromatic heterocycles. The molecule has 3 rings (SSSR count). The van der Waals surface area contributed by atoms with Crippen molar-refractivity contribution in [3.63, 3.8) is 0 Å². The van der Waals surface area contributed by atoms with E-state index < -0.39 is 18.2 Å². The number of benzene rings is 2. The quantitative estimate of drug-likeness (QED) is 0.137. The fourth-order valence-electron chi connectivity index (χ4n) is 6.70. The molecule has 1 aliphatic heterocycles. The van der Waals surface area contributed by atoms with Crippen LogP contribution in [0.1, 0.15) is 74.6 Å². The third kappa shape index (κ3) is 12.3. The van der Waals surface area contributed by atoms with Gasteiger partial charge in [-0.25, -0.2) is 0 Å². The molecule has 1 saturated heterocycles. The largest absolute Gasteiger partial charge is 0.496 e. The lowest BCUT2D eigenvalue weighted by atomic mass is 9.73. The highest BCUT2D eigenvalue weighted by Gasteiger charge is 2.46. The van der Waals surface area contributed by atoms with Crippen LogP contribution in [0.2, 0.25) is 0 Å². The number of aliphatic hydroxyl groups excluding tert-OH is 1. The van der Waals surface area contributed by atoms with E-state index >= 15 is 0 Å². The number of aliphatic hydroxyl groups is 1. The normalized spacial score (nSPS) is 20.2. The summed E-state index contributed by atoms with van der Waals surface area (Å²) in [5.41, 5.74) is 4.35. The summed E-state index contributed by atoms with van der Waals surface area (Å²) in [5.74, 6) is 1.22. The lowest BCUT2D eigenvalue weighted by Gasteiger charge is -2.48. The number of ether oxygens (including phenoxy) is 6. The van der Waals surface area contributed by atoms with Crippen LogP contribution < -0.4 is 14.8 Å². The lowest BCUT2D eigenvalue weighted by Crippen LogP contribution is -2.54. The van der Waals surface area contributed by atoms with Crippen LogP contribution in [0.3, 0.4) is 0 Å². The van der Waals surface area contributed by atoms with E-state index in [4.69, 9.17) is 38.3 Å². The summed E-state index contributed by atoms with van der Waals surface area (Å²) < 4.78 is 35.5. The first-order chi connectivity index (χ1) is 23.4.